The first kappa shape index (κ1) is 15.9. The van der Waals surface area contributed by atoms with Crippen molar-refractivity contribution in [2.24, 2.45) is 0 Å². The summed E-state index contributed by atoms with van der Waals surface area (Å²) in [5, 5.41) is 19.3. The molecule has 1 aliphatic heterocycles. The first-order chi connectivity index (χ1) is 9.96. The Kier molecular flexibility index (Phi) is 4.92. The molecule has 1 fully saturated rings. The van der Waals surface area contributed by atoms with E-state index in [-0.39, 0.29) is 24.1 Å². The number of phenolic OH excluding ortho intramolecular Hbond substituents is 1. The number of aliphatic hydroxyl groups is 1. The van der Waals surface area contributed by atoms with Gasteiger partial charge in [0.1, 0.15) is 5.75 Å². The molecule has 0 radical (unpaired) electrons. The number of phenols is 1. The second-order valence-corrected chi connectivity index (χ2v) is 6.66. The number of nitrogens with zero attached hydrogens (tertiary/aromatic N) is 1. The van der Waals surface area contributed by atoms with E-state index < -0.39 is 10.2 Å². The summed E-state index contributed by atoms with van der Waals surface area (Å²) in [7, 11) is -2.40. The molecule has 1 unspecified atom stereocenters. The predicted molar refractivity (Wildman–Crippen MR) is 81.8 cm³/mol. The number of hydrogen-bond acceptors (Lipinski definition) is 5. The summed E-state index contributed by atoms with van der Waals surface area (Å²) >= 11 is 0. The molecule has 0 bridgehead atoms. The molecule has 1 atom stereocenters. The van der Waals surface area contributed by atoms with Crippen LogP contribution >= 0.6 is 0 Å². The number of hydrogen-bond donors (Lipinski definition) is 4. The quantitative estimate of drug-likeness (QED) is 0.597. The van der Waals surface area contributed by atoms with Crippen molar-refractivity contribution in [3.8, 4) is 5.75 Å². The van der Waals surface area contributed by atoms with E-state index in [2.05, 4.69) is 9.44 Å². The molecule has 1 aliphatic rings. The maximum Gasteiger partial charge on any atom is 0.298 e. The van der Waals surface area contributed by atoms with Crippen molar-refractivity contribution < 1.29 is 18.6 Å². The van der Waals surface area contributed by atoms with E-state index in [4.69, 9.17) is 0 Å². The SMILES string of the molecule is CNS(=O)(=O)Nc1cc(N2CCCCC2CO)ccc1O. The summed E-state index contributed by atoms with van der Waals surface area (Å²) in [6, 6.07) is 4.78. The lowest BCUT2D eigenvalue weighted by atomic mass is 10.0. The van der Waals surface area contributed by atoms with E-state index in [9.17, 15) is 18.6 Å². The van der Waals surface area contributed by atoms with Crippen molar-refractivity contribution in [2.75, 3.05) is 29.8 Å². The van der Waals surface area contributed by atoms with Crippen LogP contribution in [0.5, 0.6) is 5.75 Å². The van der Waals surface area contributed by atoms with Crippen LogP contribution in [-0.2, 0) is 10.2 Å². The molecular weight excluding hydrogens is 294 g/mol. The van der Waals surface area contributed by atoms with Gasteiger partial charge in [-0.15, -0.1) is 0 Å². The molecule has 1 aromatic carbocycles. The number of piperidine rings is 1. The zero-order valence-electron chi connectivity index (χ0n) is 11.9. The van der Waals surface area contributed by atoms with Gasteiger partial charge in [0.15, 0.2) is 0 Å². The van der Waals surface area contributed by atoms with Crippen molar-refractivity contribution in [3.63, 3.8) is 0 Å². The van der Waals surface area contributed by atoms with Gasteiger partial charge in [0, 0.05) is 19.3 Å². The number of nitrogens with one attached hydrogen (secondary N) is 2. The van der Waals surface area contributed by atoms with E-state index >= 15 is 0 Å². The molecule has 21 heavy (non-hydrogen) atoms. The van der Waals surface area contributed by atoms with Crippen LogP contribution in [-0.4, -0.2) is 44.9 Å². The molecule has 1 saturated heterocycles. The van der Waals surface area contributed by atoms with Crippen LogP contribution in [0.3, 0.4) is 0 Å². The Labute approximate surface area is 124 Å². The monoisotopic (exact) mass is 315 g/mol. The topological polar surface area (TPSA) is 102 Å². The van der Waals surface area contributed by atoms with Crippen LogP contribution in [0.4, 0.5) is 11.4 Å². The highest BCUT2D eigenvalue weighted by Crippen LogP contribution is 2.32. The first-order valence-corrected chi connectivity index (χ1v) is 8.37. The lowest BCUT2D eigenvalue weighted by molar-refractivity contribution is 0.240. The zero-order valence-corrected chi connectivity index (χ0v) is 12.7. The summed E-state index contributed by atoms with van der Waals surface area (Å²) in [5.74, 6) is -0.143. The normalized spacial score (nSPS) is 19.5. The highest BCUT2D eigenvalue weighted by atomic mass is 32.2. The Hall–Kier alpha value is -1.51. The largest absolute Gasteiger partial charge is 0.506 e. The lowest BCUT2D eigenvalue weighted by Gasteiger charge is -2.36. The number of anilines is 2. The van der Waals surface area contributed by atoms with Gasteiger partial charge in [0.05, 0.1) is 18.3 Å². The second kappa shape index (κ2) is 6.50. The smallest absolute Gasteiger partial charge is 0.298 e. The second-order valence-electron chi connectivity index (χ2n) is 5.04. The van der Waals surface area contributed by atoms with Gasteiger partial charge < -0.3 is 15.1 Å². The maximum absolute atomic E-state index is 11.5. The summed E-state index contributed by atoms with van der Waals surface area (Å²) in [6.07, 6.45) is 2.99. The predicted octanol–water partition coefficient (Wildman–Crippen LogP) is 0.619. The minimum Gasteiger partial charge on any atom is -0.506 e. The summed E-state index contributed by atoms with van der Waals surface area (Å²) in [6.45, 7) is 0.854. The molecule has 0 spiro atoms. The Balaban J connectivity index is 2.29. The Morgan fingerprint density at radius 3 is 2.81 bits per heavy atom. The third-order valence-corrected chi connectivity index (χ3v) is 4.69. The summed E-state index contributed by atoms with van der Waals surface area (Å²) < 4.78 is 27.5. The fourth-order valence-electron chi connectivity index (χ4n) is 2.51. The molecule has 0 aromatic heterocycles. The van der Waals surface area contributed by atoms with Gasteiger partial charge in [-0.05, 0) is 37.5 Å². The fourth-order valence-corrected chi connectivity index (χ4v) is 3.07. The minimum atomic E-state index is -3.69. The number of aromatic hydroxyl groups is 1. The van der Waals surface area contributed by atoms with Crippen molar-refractivity contribution in [3.05, 3.63) is 18.2 Å². The minimum absolute atomic E-state index is 0.0250. The Morgan fingerprint density at radius 1 is 1.38 bits per heavy atom. The van der Waals surface area contributed by atoms with Gasteiger partial charge in [0.25, 0.3) is 10.2 Å². The van der Waals surface area contributed by atoms with Gasteiger partial charge in [-0.3, -0.25) is 4.72 Å². The van der Waals surface area contributed by atoms with Crippen LogP contribution in [0.25, 0.3) is 0 Å². The van der Waals surface area contributed by atoms with E-state index in [1.807, 2.05) is 4.90 Å². The van der Waals surface area contributed by atoms with E-state index in [0.717, 1.165) is 31.5 Å². The molecule has 7 nitrogen and oxygen atoms in total. The lowest BCUT2D eigenvalue weighted by Crippen LogP contribution is -2.41. The fraction of sp³-hybridized carbons (Fsp3) is 0.538. The summed E-state index contributed by atoms with van der Waals surface area (Å²) in [4.78, 5) is 2.04. The third-order valence-electron chi connectivity index (χ3n) is 3.66. The average molecular weight is 315 g/mol. The molecule has 4 N–H and O–H groups in total. The standard InChI is InChI=1S/C13H21N3O4S/c1-14-21(19,20)15-12-8-10(5-6-13(12)18)16-7-3-2-4-11(16)9-17/h5-6,8,11,14-15,17-18H,2-4,7,9H2,1H3. The molecule has 1 aromatic rings. The zero-order chi connectivity index (χ0) is 15.5. The van der Waals surface area contributed by atoms with Gasteiger partial charge in [0.2, 0.25) is 0 Å². The molecule has 1 heterocycles. The third kappa shape index (κ3) is 3.78. The van der Waals surface area contributed by atoms with Crippen LogP contribution < -0.4 is 14.3 Å². The van der Waals surface area contributed by atoms with Crippen molar-refractivity contribution in [1.29, 1.82) is 0 Å². The van der Waals surface area contributed by atoms with Crippen LogP contribution in [0.2, 0.25) is 0 Å². The van der Waals surface area contributed by atoms with Crippen molar-refractivity contribution in [2.45, 2.75) is 25.3 Å². The number of aliphatic hydroxyl groups excluding tert-OH is 1. The molecule has 0 amide bonds. The molecule has 118 valence electrons. The van der Waals surface area contributed by atoms with E-state index in [1.165, 1.54) is 13.1 Å². The van der Waals surface area contributed by atoms with Crippen molar-refractivity contribution >= 4 is 21.6 Å². The Morgan fingerprint density at radius 2 is 2.14 bits per heavy atom. The Bertz CT molecular complexity index is 591. The maximum atomic E-state index is 11.5. The molecular formula is C13H21N3O4S. The van der Waals surface area contributed by atoms with Crippen molar-refractivity contribution in [1.82, 2.24) is 4.72 Å². The number of benzene rings is 1. The van der Waals surface area contributed by atoms with Crippen LogP contribution in [0.1, 0.15) is 19.3 Å². The van der Waals surface area contributed by atoms with Crippen LogP contribution in [0.15, 0.2) is 18.2 Å². The van der Waals surface area contributed by atoms with Gasteiger partial charge >= 0.3 is 0 Å². The average Bonchev–Trinajstić information content (AvgIpc) is 2.49. The van der Waals surface area contributed by atoms with Crippen LogP contribution in [0, 0.1) is 0 Å². The molecule has 2 rings (SSSR count). The van der Waals surface area contributed by atoms with E-state index in [0.29, 0.717) is 0 Å². The first-order valence-electron chi connectivity index (χ1n) is 6.88. The van der Waals surface area contributed by atoms with E-state index in [1.54, 1.807) is 12.1 Å². The number of rotatable bonds is 5. The molecule has 0 saturated carbocycles. The highest BCUT2D eigenvalue weighted by Gasteiger charge is 2.23. The van der Waals surface area contributed by atoms with Gasteiger partial charge in [-0.25, -0.2) is 4.72 Å². The summed E-state index contributed by atoms with van der Waals surface area (Å²) in [5.41, 5.74) is 0.893. The molecule has 8 heteroatoms. The van der Waals surface area contributed by atoms with Gasteiger partial charge in [-0.2, -0.15) is 8.42 Å². The van der Waals surface area contributed by atoms with Gasteiger partial charge in [-0.1, -0.05) is 0 Å². The highest BCUT2D eigenvalue weighted by molar-refractivity contribution is 7.90. The molecule has 0 aliphatic carbocycles.